The van der Waals surface area contributed by atoms with Crippen LogP contribution >= 0.6 is 0 Å². The van der Waals surface area contributed by atoms with Crippen molar-refractivity contribution in [3.8, 4) is 0 Å². The maximum atomic E-state index is 11.8. The van der Waals surface area contributed by atoms with Gasteiger partial charge in [-0.1, -0.05) is 26.2 Å². The maximum Gasteiger partial charge on any atom is 0.307 e. The Morgan fingerprint density at radius 1 is 1.25 bits per heavy atom. The molecule has 1 aliphatic carbocycles. The number of amides is 1. The fourth-order valence-corrected chi connectivity index (χ4v) is 2.26. The van der Waals surface area contributed by atoms with E-state index in [-0.39, 0.29) is 11.8 Å². The van der Waals surface area contributed by atoms with Gasteiger partial charge in [-0.3, -0.25) is 9.59 Å². The number of carboxylic acids is 1. The summed E-state index contributed by atoms with van der Waals surface area (Å²) in [5.74, 6) is -1.69. The molecule has 1 fully saturated rings. The molecule has 1 rings (SSSR count). The average molecular weight is 227 g/mol. The predicted molar refractivity (Wildman–Crippen MR) is 61.0 cm³/mol. The number of hydrogen-bond donors (Lipinski definition) is 2. The summed E-state index contributed by atoms with van der Waals surface area (Å²) in [6.07, 6.45) is 5.24. The van der Waals surface area contributed by atoms with Crippen molar-refractivity contribution in [2.75, 3.05) is 6.54 Å². The number of rotatable bonds is 5. The van der Waals surface area contributed by atoms with E-state index in [1.54, 1.807) is 0 Å². The Balaban J connectivity index is 2.47. The van der Waals surface area contributed by atoms with Gasteiger partial charge >= 0.3 is 5.97 Å². The lowest BCUT2D eigenvalue weighted by Crippen LogP contribution is -2.40. The Hall–Kier alpha value is -1.06. The third kappa shape index (κ3) is 3.51. The fourth-order valence-electron chi connectivity index (χ4n) is 2.26. The molecule has 2 N–H and O–H groups in total. The average Bonchev–Trinajstić information content (AvgIpc) is 2.29. The van der Waals surface area contributed by atoms with Crippen LogP contribution in [0.4, 0.5) is 0 Å². The van der Waals surface area contributed by atoms with E-state index in [0.717, 1.165) is 32.1 Å². The molecule has 4 nitrogen and oxygen atoms in total. The Kier molecular flexibility index (Phi) is 5.29. The Morgan fingerprint density at radius 2 is 1.88 bits per heavy atom. The summed E-state index contributed by atoms with van der Waals surface area (Å²) in [7, 11) is 0. The van der Waals surface area contributed by atoms with E-state index in [9.17, 15) is 9.59 Å². The molecule has 0 radical (unpaired) electrons. The number of hydrogen-bond acceptors (Lipinski definition) is 2. The second-order valence-corrected chi connectivity index (χ2v) is 4.48. The first-order valence-electron chi connectivity index (χ1n) is 6.17. The first kappa shape index (κ1) is 13.0. The zero-order valence-electron chi connectivity index (χ0n) is 9.87. The van der Waals surface area contributed by atoms with E-state index < -0.39 is 11.9 Å². The van der Waals surface area contributed by atoms with Crippen LogP contribution < -0.4 is 5.32 Å². The van der Waals surface area contributed by atoms with Gasteiger partial charge in [-0.2, -0.15) is 0 Å². The molecule has 92 valence electrons. The van der Waals surface area contributed by atoms with Crippen molar-refractivity contribution in [3.05, 3.63) is 0 Å². The normalized spacial score (nSPS) is 25.1. The number of nitrogens with one attached hydrogen (secondary N) is 1. The zero-order chi connectivity index (χ0) is 12.0. The summed E-state index contributed by atoms with van der Waals surface area (Å²) in [6, 6.07) is 0. The van der Waals surface area contributed by atoms with Gasteiger partial charge in [0, 0.05) is 6.54 Å². The third-order valence-corrected chi connectivity index (χ3v) is 3.25. The van der Waals surface area contributed by atoms with Crippen LogP contribution in [0.3, 0.4) is 0 Å². The summed E-state index contributed by atoms with van der Waals surface area (Å²) in [5.41, 5.74) is 0. The number of unbranched alkanes of at least 4 members (excludes halogenated alkanes) is 1. The third-order valence-electron chi connectivity index (χ3n) is 3.25. The number of aliphatic carboxylic acids is 1. The molecular weight excluding hydrogens is 206 g/mol. The highest BCUT2D eigenvalue weighted by atomic mass is 16.4. The molecule has 0 unspecified atom stereocenters. The molecule has 2 atom stereocenters. The standard InChI is InChI=1S/C12H21NO3/c1-2-3-8-13-11(14)9-6-4-5-7-10(9)12(15)16/h9-10H,2-8H2,1H3,(H,13,14)(H,15,16)/t9-,10-/m1/s1. The van der Waals surface area contributed by atoms with Crippen LogP contribution in [-0.4, -0.2) is 23.5 Å². The van der Waals surface area contributed by atoms with Crippen LogP contribution in [0.2, 0.25) is 0 Å². The first-order chi connectivity index (χ1) is 7.66. The van der Waals surface area contributed by atoms with Gasteiger partial charge in [0.2, 0.25) is 5.91 Å². The van der Waals surface area contributed by atoms with Gasteiger partial charge in [0.1, 0.15) is 0 Å². The molecule has 0 spiro atoms. The van der Waals surface area contributed by atoms with Crippen LogP contribution in [0, 0.1) is 11.8 Å². The molecule has 0 aliphatic heterocycles. The molecule has 16 heavy (non-hydrogen) atoms. The second kappa shape index (κ2) is 6.51. The lowest BCUT2D eigenvalue weighted by atomic mass is 9.78. The lowest BCUT2D eigenvalue weighted by Gasteiger charge is -2.27. The van der Waals surface area contributed by atoms with Gasteiger partial charge in [0.25, 0.3) is 0 Å². The van der Waals surface area contributed by atoms with E-state index in [4.69, 9.17) is 5.11 Å². The minimum Gasteiger partial charge on any atom is -0.481 e. The highest BCUT2D eigenvalue weighted by Gasteiger charge is 2.35. The molecule has 0 aromatic heterocycles. The van der Waals surface area contributed by atoms with Crippen molar-refractivity contribution in [3.63, 3.8) is 0 Å². The molecule has 0 heterocycles. The topological polar surface area (TPSA) is 66.4 Å². The second-order valence-electron chi connectivity index (χ2n) is 4.48. The summed E-state index contributed by atoms with van der Waals surface area (Å²) in [5, 5.41) is 11.9. The minimum atomic E-state index is -0.824. The van der Waals surface area contributed by atoms with Crippen molar-refractivity contribution in [1.82, 2.24) is 5.32 Å². The van der Waals surface area contributed by atoms with E-state index in [2.05, 4.69) is 12.2 Å². The van der Waals surface area contributed by atoms with Gasteiger partial charge in [-0.25, -0.2) is 0 Å². The largest absolute Gasteiger partial charge is 0.481 e. The predicted octanol–water partition coefficient (Wildman–Crippen LogP) is 1.79. The quantitative estimate of drug-likeness (QED) is 0.704. The summed E-state index contributed by atoms with van der Waals surface area (Å²) in [6.45, 7) is 2.73. The van der Waals surface area contributed by atoms with Crippen molar-refractivity contribution >= 4 is 11.9 Å². The lowest BCUT2D eigenvalue weighted by molar-refractivity contribution is -0.148. The molecular formula is C12H21NO3. The van der Waals surface area contributed by atoms with Crippen LogP contribution in [0.15, 0.2) is 0 Å². The zero-order valence-corrected chi connectivity index (χ0v) is 9.87. The van der Waals surface area contributed by atoms with Crippen molar-refractivity contribution in [1.29, 1.82) is 0 Å². The minimum absolute atomic E-state index is 0.0689. The van der Waals surface area contributed by atoms with Crippen molar-refractivity contribution in [2.24, 2.45) is 11.8 Å². The molecule has 0 aromatic carbocycles. The molecule has 0 saturated heterocycles. The number of carbonyl (C=O) groups excluding carboxylic acids is 1. The summed E-state index contributed by atoms with van der Waals surface area (Å²) < 4.78 is 0. The summed E-state index contributed by atoms with van der Waals surface area (Å²) >= 11 is 0. The maximum absolute atomic E-state index is 11.8. The van der Waals surface area contributed by atoms with Gasteiger partial charge in [-0.15, -0.1) is 0 Å². The van der Waals surface area contributed by atoms with Crippen molar-refractivity contribution in [2.45, 2.75) is 45.4 Å². The Bertz CT molecular complexity index is 253. The van der Waals surface area contributed by atoms with E-state index in [0.29, 0.717) is 13.0 Å². The van der Waals surface area contributed by atoms with E-state index in [1.807, 2.05) is 0 Å². The van der Waals surface area contributed by atoms with Gasteiger partial charge < -0.3 is 10.4 Å². The SMILES string of the molecule is CCCCNC(=O)[C@@H]1CCCC[C@H]1C(=O)O. The van der Waals surface area contributed by atoms with E-state index >= 15 is 0 Å². The highest BCUT2D eigenvalue weighted by molar-refractivity contribution is 5.84. The Morgan fingerprint density at radius 3 is 2.44 bits per heavy atom. The highest BCUT2D eigenvalue weighted by Crippen LogP contribution is 2.30. The molecule has 0 bridgehead atoms. The molecule has 4 heteroatoms. The van der Waals surface area contributed by atoms with Crippen LogP contribution in [0.1, 0.15) is 45.4 Å². The number of carbonyl (C=O) groups is 2. The first-order valence-corrected chi connectivity index (χ1v) is 6.17. The monoisotopic (exact) mass is 227 g/mol. The molecule has 1 saturated carbocycles. The van der Waals surface area contributed by atoms with Gasteiger partial charge in [0.05, 0.1) is 11.8 Å². The van der Waals surface area contributed by atoms with Gasteiger partial charge in [-0.05, 0) is 19.3 Å². The fraction of sp³-hybridized carbons (Fsp3) is 0.833. The molecule has 1 amide bonds. The van der Waals surface area contributed by atoms with Gasteiger partial charge in [0.15, 0.2) is 0 Å². The molecule has 1 aliphatic rings. The smallest absolute Gasteiger partial charge is 0.307 e. The number of carboxylic acid groups (broad SMARTS) is 1. The van der Waals surface area contributed by atoms with E-state index in [1.165, 1.54) is 0 Å². The van der Waals surface area contributed by atoms with Crippen LogP contribution in [-0.2, 0) is 9.59 Å². The summed E-state index contributed by atoms with van der Waals surface area (Å²) in [4.78, 5) is 22.8. The Labute approximate surface area is 96.4 Å². The molecule has 0 aromatic rings. The van der Waals surface area contributed by atoms with Crippen LogP contribution in [0.5, 0.6) is 0 Å². The van der Waals surface area contributed by atoms with Crippen molar-refractivity contribution < 1.29 is 14.7 Å². The van der Waals surface area contributed by atoms with Crippen LogP contribution in [0.25, 0.3) is 0 Å².